The highest BCUT2D eigenvalue weighted by molar-refractivity contribution is 5.95. The van der Waals surface area contributed by atoms with Gasteiger partial charge in [-0.2, -0.15) is 0 Å². The lowest BCUT2D eigenvalue weighted by Crippen LogP contribution is -2.23. The van der Waals surface area contributed by atoms with Crippen molar-refractivity contribution in [2.24, 2.45) is 0 Å². The van der Waals surface area contributed by atoms with Gasteiger partial charge in [0, 0.05) is 18.3 Å². The minimum absolute atomic E-state index is 0.185. The number of benzene rings is 1. The zero-order valence-corrected chi connectivity index (χ0v) is 8.02. The summed E-state index contributed by atoms with van der Waals surface area (Å²) in [5.41, 5.74) is 0.954. The van der Waals surface area contributed by atoms with Crippen molar-refractivity contribution < 1.29 is 4.79 Å². The largest absolute Gasteiger partial charge is 0.288 e. The van der Waals surface area contributed by atoms with Crippen molar-refractivity contribution in [1.29, 1.82) is 0 Å². The summed E-state index contributed by atoms with van der Waals surface area (Å²) in [7, 11) is 0. The average Bonchev–Trinajstić information content (AvgIpc) is 2.44. The summed E-state index contributed by atoms with van der Waals surface area (Å²) in [5.74, 6) is 0.185. The van der Waals surface area contributed by atoms with E-state index >= 15 is 0 Å². The van der Waals surface area contributed by atoms with Gasteiger partial charge < -0.3 is 0 Å². The van der Waals surface area contributed by atoms with Crippen LogP contribution in [0.3, 0.4) is 0 Å². The topological polar surface area (TPSA) is 20.3 Å². The van der Waals surface area contributed by atoms with E-state index in [0.29, 0.717) is 6.42 Å². The summed E-state index contributed by atoms with van der Waals surface area (Å²) in [5, 5.41) is 0. The molecule has 0 saturated heterocycles. The second kappa shape index (κ2) is 4.09. The first kappa shape index (κ1) is 9.00. The molecule has 2 rings (SSSR count). The molecule has 1 aromatic carbocycles. The van der Waals surface area contributed by atoms with Crippen molar-refractivity contribution in [3.05, 3.63) is 42.6 Å². The van der Waals surface area contributed by atoms with Gasteiger partial charge in [-0.15, -0.1) is 0 Å². The first-order valence-electron chi connectivity index (χ1n) is 4.92. The van der Waals surface area contributed by atoms with Crippen LogP contribution in [-0.4, -0.2) is 5.91 Å². The van der Waals surface area contributed by atoms with Crippen molar-refractivity contribution in [2.45, 2.75) is 19.3 Å². The fourth-order valence-electron chi connectivity index (χ4n) is 1.57. The molecule has 0 atom stereocenters. The number of nitrogens with zero attached hydrogens (tertiary/aromatic N) is 1. The van der Waals surface area contributed by atoms with Crippen molar-refractivity contribution in [1.82, 2.24) is 0 Å². The SMILES string of the molecule is O=C1CCCC=CN1c1ccccc1. The Bertz CT molecular complexity index is 343. The van der Waals surface area contributed by atoms with Crippen LogP contribution >= 0.6 is 0 Å². The Labute approximate surface area is 83.8 Å². The second-order valence-corrected chi connectivity index (χ2v) is 3.38. The van der Waals surface area contributed by atoms with Gasteiger partial charge in [0.25, 0.3) is 0 Å². The summed E-state index contributed by atoms with van der Waals surface area (Å²) in [6.07, 6.45) is 6.53. The molecule has 0 bridgehead atoms. The molecule has 1 aliphatic heterocycles. The Morgan fingerprint density at radius 1 is 1.14 bits per heavy atom. The van der Waals surface area contributed by atoms with Gasteiger partial charge in [-0.1, -0.05) is 24.3 Å². The number of para-hydroxylation sites is 1. The molecule has 14 heavy (non-hydrogen) atoms. The zero-order valence-electron chi connectivity index (χ0n) is 8.02. The zero-order chi connectivity index (χ0) is 9.80. The van der Waals surface area contributed by atoms with Crippen LogP contribution in [0.25, 0.3) is 0 Å². The molecule has 0 unspecified atom stereocenters. The standard InChI is InChI=1S/C12H13NO/c14-12-9-5-2-6-10-13(12)11-7-3-1-4-8-11/h1,3-4,6-8,10H,2,5,9H2. The van der Waals surface area contributed by atoms with E-state index in [4.69, 9.17) is 0 Å². The Balaban J connectivity index is 2.28. The maximum Gasteiger partial charge on any atom is 0.231 e. The van der Waals surface area contributed by atoms with Gasteiger partial charge in [0.15, 0.2) is 0 Å². The van der Waals surface area contributed by atoms with Gasteiger partial charge >= 0.3 is 0 Å². The van der Waals surface area contributed by atoms with E-state index in [2.05, 4.69) is 6.08 Å². The van der Waals surface area contributed by atoms with Gasteiger partial charge in [0.1, 0.15) is 0 Å². The van der Waals surface area contributed by atoms with E-state index in [-0.39, 0.29) is 5.91 Å². The van der Waals surface area contributed by atoms with E-state index in [1.54, 1.807) is 4.90 Å². The molecule has 0 aliphatic carbocycles. The summed E-state index contributed by atoms with van der Waals surface area (Å²) >= 11 is 0. The number of rotatable bonds is 1. The van der Waals surface area contributed by atoms with Gasteiger partial charge in [0.05, 0.1) is 0 Å². The molecule has 0 N–H and O–H groups in total. The Hall–Kier alpha value is -1.57. The first-order valence-corrected chi connectivity index (χ1v) is 4.92. The van der Waals surface area contributed by atoms with Crippen LogP contribution in [0, 0.1) is 0 Å². The van der Waals surface area contributed by atoms with Crippen LogP contribution < -0.4 is 4.90 Å². The van der Waals surface area contributed by atoms with Crippen molar-refractivity contribution in [2.75, 3.05) is 4.90 Å². The summed E-state index contributed by atoms with van der Waals surface area (Å²) in [6, 6.07) is 9.75. The summed E-state index contributed by atoms with van der Waals surface area (Å²) in [6.45, 7) is 0. The van der Waals surface area contributed by atoms with E-state index in [9.17, 15) is 4.79 Å². The summed E-state index contributed by atoms with van der Waals surface area (Å²) < 4.78 is 0. The van der Waals surface area contributed by atoms with Crippen LogP contribution in [0.4, 0.5) is 5.69 Å². The molecule has 2 nitrogen and oxygen atoms in total. The number of hydrogen-bond acceptors (Lipinski definition) is 1. The Morgan fingerprint density at radius 2 is 1.93 bits per heavy atom. The molecular formula is C12H13NO. The Morgan fingerprint density at radius 3 is 2.71 bits per heavy atom. The van der Waals surface area contributed by atoms with E-state index in [0.717, 1.165) is 18.5 Å². The highest BCUT2D eigenvalue weighted by atomic mass is 16.2. The quantitative estimate of drug-likeness (QED) is 0.662. The minimum Gasteiger partial charge on any atom is -0.288 e. The first-order chi connectivity index (χ1) is 6.88. The molecule has 72 valence electrons. The highest BCUT2D eigenvalue weighted by Gasteiger charge is 2.13. The smallest absolute Gasteiger partial charge is 0.231 e. The van der Waals surface area contributed by atoms with Crippen LogP contribution in [0.2, 0.25) is 0 Å². The molecule has 1 amide bonds. The summed E-state index contributed by atoms with van der Waals surface area (Å²) in [4.78, 5) is 13.4. The molecule has 0 saturated carbocycles. The number of amides is 1. The van der Waals surface area contributed by atoms with Crippen LogP contribution in [0.15, 0.2) is 42.6 Å². The third kappa shape index (κ3) is 1.84. The lowest BCUT2D eigenvalue weighted by Gasteiger charge is -2.16. The molecule has 1 heterocycles. The van der Waals surface area contributed by atoms with Gasteiger partial charge in [0.2, 0.25) is 5.91 Å². The van der Waals surface area contributed by atoms with Crippen LogP contribution in [0.5, 0.6) is 0 Å². The van der Waals surface area contributed by atoms with Gasteiger partial charge in [-0.3, -0.25) is 9.69 Å². The number of allylic oxidation sites excluding steroid dienone is 1. The van der Waals surface area contributed by atoms with E-state index in [1.807, 2.05) is 36.5 Å². The normalized spacial score (nSPS) is 16.9. The van der Waals surface area contributed by atoms with Gasteiger partial charge in [-0.05, 0) is 25.0 Å². The number of hydrogen-bond donors (Lipinski definition) is 0. The average molecular weight is 187 g/mol. The molecule has 2 heteroatoms. The third-order valence-corrected chi connectivity index (χ3v) is 2.32. The molecule has 0 radical (unpaired) electrons. The molecule has 0 spiro atoms. The van der Waals surface area contributed by atoms with Crippen molar-refractivity contribution in [3.63, 3.8) is 0 Å². The molecule has 0 fully saturated rings. The molecule has 0 aromatic heterocycles. The monoisotopic (exact) mass is 187 g/mol. The van der Waals surface area contributed by atoms with Crippen molar-refractivity contribution in [3.8, 4) is 0 Å². The fraction of sp³-hybridized carbons (Fsp3) is 0.250. The number of carbonyl (C=O) groups is 1. The van der Waals surface area contributed by atoms with Crippen LogP contribution in [0.1, 0.15) is 19.3 Å². The minimum atomic E-state index is 0.185. The van der Waals surface area contributed by atoms with E-state index in [1.165, 1.54) is 0 Å². The highest BCUT2D eigenvalue weighted by Crippen LogP contribution is 2.18. The van der Waals surface area contributed by atoms with Crippen molar-refractivity contribution >= 4 is 11.6 Å². The maximum atomic E-state index is 11.7. The van der Waals surface area contributed by atoms with E-state index < -0.39 is 0 Å². The van der Waals surface area contributed by atoms with Crippen LogP contribution in [-0.2, 0) is 4.79 Å². The Kier molecular flexibility index (Phi) is 2.63. The lowest BCUT2D eigenvalue weighted by molar-refractivity contribution is -0.118. The molecule has 1 aliphatic rings. The number of anilines is 1. The fourth-order valence-corrected chi connectivity index (χ4v) is 1.57. The predicted molar refractivity (Wildman–Crippen MR) is 56.9 cm³/mol. The molecular weight excluding hydrogens is 174 g/mol. The second-order valence-electron chi connectivity index (χ2n) is 3.38. The third-order valence-electron chi connectivity index (χ3n) is 2.32. The maximum absolute atomic E-state index is 11.7. The number of carbonyl (C=O) groups excluding carboxylic acids is 1. The van der Waals surface area contributed by atoms with Gasteiger partial charge in [-0.25, -0.2) is 0 Å². The molecule has 1 aromatic rings. The predicted octanol–water partition coefficient (Wildman–Crippen LogP) is 2.72. The lowest BCUT2D eigenvalue weighted by atomic mass is 10.2.